The molecule has 3 N–H and O–H groups in total. The van der Waals surface area contributed by atoms with E-state index >= 15 is 0 Å². The van der Waals surface area contributed by atoms with Gasteiger partial charge in [-0.25, -0.2) is 0 Å². The summed E-state index contributed by atoms with van der Waals surface area (Å²) in [5.74, 6) is 0.504. The van der Waals surface area contributed by atoms with Crippen LogP contribution in [-0.4, -0.2) is 23.4 Å². The predicted molar refractivity (Wildman–Crippen MR) is 112 cm³/mol. The molecule has 6 heteroatoms. The molecule has 0 unspecified atom stereocenters. The minimum Gasteiger partial charge on any atom is -0.490 e. The van der Waals surface area contributed by atoms with Crippen molar-refractivity contribution < 1.29 is 23.0 Å². The summed E-state index contributed by atoms with van der Waals surface area (Å²) in [6.45, 7) is 8.25. The lowest BCUT2D eigenvalue weighted by atomic mass is 9.72. The molecule has 0 aromatic heterocycles. The Bertz CT molecular complexity index is 744. The highest BCUT2D eigenvalue weighted by Crippen LogP contribution is 2.45. The van der Waals surface area contributed by atoms with E-state index in [1.165, 1.54) is 6.07 Å². The van der Waals surface area contributed by atoms with E-state index in [4.69, 9.17) is 10.5 Å². The van der Waals surface area contributed by atoms with E-state index in [1.807, 2.05) is 0 Å². The zero-order valence-electron chi connectivity index (χ0n) is 18.6. The van der Waals surface area contributed by atoms with Gasteiger partial charge in [-0.1, -0.05) is 26.8 Å². The van der Waals surface area contributed by atoms with Crippen molar-refractivity contribution in [2.75, 3.05) is 6.61 Å². The van der Waals surface area contributed by atoms with Crippen LogP contribution in [0.2, 0.25) is 0 Å². The van der Waals surface area contributed by atoms with Crippen molar-refractivity contribution in [3.8, 4) is 5.75 Å². The average molecular weight is 428 g/mol. The number of halogens is 3. The Kier molecular flexibility index (Phi) is 6.51. The molecule has 0 heterocycles. The van der Waals surface area contributed by atoms with Crippen molar-refractivity contribution in [1.82, 2.24) is 0 Å². The van der Waals surface area contributed by atoms with Crippen molar-refractivity contribution in [3.05, 3.63) is 28.8 Å². The summed E-state index contributed by atoms with van der Waals surface area (Å²) < 4.78 is 48.2. The van der Waals surface area contributed by atoms with E-state index in [0.29, 0.717) is 36.3 Å². The molecular formula is C24H36F3NO2. The molecule has 2 aliphatic carbocycles. The Hall–Kier alpha value is -1.27. The SMILES string of the molecule is CC(C)(C)[C@H]1CC[C@H](Oc2ccc3c(c2C(F)(F)F)CC[C@H]([C@@](C)(N)CO)C3)CC1. The summed E-state index contributed by atoms with van der Waals surface area (Å²) in [6.07, 6.45) is 0.208. The van der Waals surface area contributed by atoms with Crippen molar-refractivity contribution in [2.45, 2.75) is 90.5 Å². The highest BCUT2D eigenvalue weighted by atomic mass is 19.4. The van der Waals surface area contributed by atoms with Crippen molar-refractivity contribution in [3.63, 3.8) is 0 Å². The van der Waals surface area contributed by atoms with Gasteiger partial charge < -0.3 is 15.6 Å². The van der Waals surface area contributed by atoms with Gasteiger partial charge in [0.1, 0.15) is 11.3 Å². The molecule has 0 amide bonds. The Balaban J connectivity index is 1.82. The summed E-state index contributed by atoms with van der Waals surface area (Å²) in [7, 11) is 0. The number of benzene rings is 1. The van der Waals surface area contributed by atoms with Crippen molar-refractivity contribution in [2.24, 2.45) is 23.0 Å². The van der Waals surface area contributed by atoms with Gasteiger partial charge in [-0.05, 0) is 86.3 Å². The number of aliphatic hydroxyl groups excluding tert-OH is 1. The van der Waals surface area contributed by atoms with Crippen LogP contribution in [0.15, 0.2) is 12.1 Å². The highest BCUT2D eigenvalue weighted by molar-refractivity contribution is 5.48. The fraction of sp³-hybridized carbons (Fsp3) is 0.750. The van der Waals surface area contributed by atoms with Crippen LogP contribution in [0.3, 0.4) is 0 Å². The van der Waals surface area contributed by atoms with Gasteiger partial charge in [0.05, 0.1) is 12.7 Å². The second kappa shape index (κ2) is 8.34. The quantitative estimate of drug-likeness (QED) is 0.667. The maximum atomic E-state index is 14.1. The second-order valence-electron chi connectivity index (χ2n) is 10.6. The molecule has 3 rings (SSSR count). The van der Waals surface area contributed by atoms with Crippen molar-refractivity contribution >= 4 is 0 Å². The first-order valence-electron chi connectivity index (χ1n) is 11.1. The van der Waals surface area contributed by atoms with E-state index < -0.39 is 17.3 Å². The molecule has 0 aliphatic heterocycles. The van der Waals surface area contributed by atoms with Gasteiger partial charge in [-0.3, -0.25) is 0 Å². The smallest absolute Gasteiger partial charge is 0.420 e. The lowest BCUT2D eigenvalue weighted by Gasteiger charge is -2.38. The molecule has 2 atom stereocenters. The third-order valence-electron chi connectivity index (χ3n) is 7.33. The fourth-order valence-corrected chi connectivity index (χ4v) is 5.16. The van der Waals surface area contributed by atoms with Gasteiger partial charge in [-0.2, -0.15) is 13.2 Å². The molecule has 0 radical (unpaired) electrons. The normalized spacial score (nSPS) is 27.3. The third kappa shape index (κ3) is 4.96. The molecule has 0 saturated heterocycles. The number of hydrogen-bond acceptors (Lipinski definition) is 3. The lowest BCUT2D eigenvalue weighted by molar-refractivity contribution is -0.140. The first-order valence-corrected chi connectivity index (χ1v) is 11.1. The van der Waals surface area contributed by atoms with Crippen LogP contribution < -0.4 is 10.5 Å². The molecule has 2 aliphatic rings. The maximum absolute atomic E-state index is 14.1. The van der Waals surface area contributed by atoms with Gasteiger partial charge >= 0.3 is 6.18 Å². The molecule has 0 bridgehead atoms. The number of hydrogen-bond donors (Lipinski definition) is 2. The summed E-state index contributed by atoms with van der Waals surface area (Å²) in [5.41, 5.74) is 6.00. The standard InChI is InChI=1S/C24H36F3NO2/c1-22(2,3)16-6-9-18(10-7-16)30-20-12-5-15-13-17(23(4,28)14-29)8-11-19(15)21(20)24(25,26)27/h5,12,16-18,29H,6-11,13-14,28H2,1-4H3/t16-,17-,18-,23-/m0/s1. The largest absolute Gasteiger partial charge is 0.490 e. The molecule has 30 heavy (non-hydrogen) atoms. The molecule has 170 valence electrons. The first kappa shape index (κ1) is 23.4. The van der Waals surface area contributed by atoms with E-state index in [9.17, 15) is 18.3 Å². The zero-order valence-corrected chi connectivity index (χ0v) is 18.6. The maximum Gasteiger partial charge on any atom is 0.420 e. The molecule has 1 saturated carbocycles. The van der Waals surface area contributed by atoms with E-state index in [1.54, 1.807) is 13.0 Å². The first-order chi connectivity index (χ1) is 13.8. The monoisotopic (exact) mass is 427 g/mol. The van der Waals surface area contributed by atoms with Crippen molar-refractivity contribution in [1.29, 1.82) is 0 Å². The van der Waals surface area contributed by atoms with Crippen LogP contribution in [0.1, 0.15) is 76.5 Å². The third-order valence-corrected chi connectivity index (χ3v) is 7.33. The minimum absolute atomic E-state index is 0.0309. The molecular weight excluding hydrogens is 391 g/mol. The molecule has 1 aromatic rings. The number of nitrogens with two attached hydrogens (primary N) is 1. The number of alkyl halides is 3. The Morgan fingerprint density at radius 2 is 1.63 bits per heavy atom. The summed E-state index contributed by atoms with van der Waals surface area (Å²) >= 11 is 0. The number of rotatable bonds is 4. The van der Waals surface area contributed by atoms with E-state index in [2.05, 4.69) is 20.8 Å². The van der Waals surface area contributed by atoms with E-state index in [-0.39, 0.29) is 29.8 Å². The molecule has 1 fully saturated rings. The van der Waals surface area contributed by atoms with Gasteiger partial charge in [0, 0.05) is 5.54 Å². The second-order valence-corrected chi connectivity index (χ2v) is 10.6. The summed E-state index contributed by atoms with van der Waals surface area (Å²) in [6, 6.07) is 3.26. The van der Waals surface area contributed by atoms with E-state index in [0.717, 1.165) is 25.7 Å². The molecule has 3 nitrogen and oxygen atoms in total. The lowest BCUT2D eigenvalue weighted by Crippen LogP contribution is -2.49. The summed E-state index contributed by atoms with van der Waals surface area (Å²) in [4.78, 5) is 0. The minimum atomic E-state index is -4.46. The zero-order chi connectivity index (χ0) is 22.3. The fourth-order valence-electron chi connectivity index (χ4n) is 5.16. The Morgan fingerprint density at radius 3 is 2.17 bits per heavy atom. The Labute approximate surface area is 178 Å². The van der Waals surface area contributed by atoms with Gasteiger partial charge in [-0.15, -0.1) is 0 Å². The van der Waals surface area contributed by atoms with Gasteiger partial charge in [0.25, 0.3) is 0 Å². The van der Waals surface area contributed by atoms with Gasteiger partial charge in [0.2, 0.25) is 0 Å². The highest BCUT2D eigenvalue weighted by Gasteiger charge is 2.42. The number of fused-ring (bicyclic) bond motifs is 1. The number of aliphatic hydroxyl groups is 1. The Morgan fingerprint density at radius 1 is 1.00 bits per heavy atom. The number of ether oxygens (including phenoxy) is 1. The molecule has 1 aromatic carbocycles. The van der Waals surface area contributed by atoms with Crippen LogP contribution in [0.5, 0.6) is 5.75 Å². The van der Waals surface area contributed by atoms with Crippen LogP contribution >= 0.6 is 0 Å². The summed E-state index contributed by atoms with van der Waals surface area (Å²) in [5, 5.41) is 9.55. The average Bonchev–Trinajstić information content (AvgIpc) is 2.66. The van der Waals surface area contributed by atoms with Crippen LogP contribution in [0, 0.1) is 17.3 Å². The van der Waals surface area contributed by atoms with Crippen LogP contribution in [0.4, 0.5) is 13.2 Å². The predicted octanol–water partition coefficient (Wildman–Crippen LogP) is 5.50. The van der Waals surface area contributed by atoms with Crippen LogP contribution in [0.25, 0.3) is 0 Å². The molecule has 0 spiro atoms. The van der Waals surface area contributed by atoms with Gasteiger partial charge in [0.15, 0.2) is 0 Å². The topological polar surface area (TPSA) is 55.5 Å². The van der Waals surface area contributed by atoms with Crippen LogP contribution in [-0.2, 0) is 19.0 Å².